The summed E-state index contributed by atoms with van der Waals surface area (Å²) in [6, 6.07) is 2.58. The van der Waals surface area contributed by atoms with Gasteiger partial charge in [-0.3, -0.25) is 4.90 Å². The zero-order valence-corrected chi connectivity index (χ0v) is 11.7. The van der Waals surface area contributed by atoms with Crippen LogP contribution in [0.2, 0.25) is 4.34 Å². The summed E-state index contributed by atoms with van der Waals surface area (Å²) in [4.78, 5) is 3.69. The van der Waals surface area contributed by atoms with E-state index in [-0.39, 0.29) is 0 Å². The lowest BCUT2D eigenvalue weighted by molar-refractivity contribution is 0.284. The van der Waals surface area contributed by atoms with E-state index in [4.69, 9.17) is 17.3 Å². The van der Waals surface area contributed by atoms with Gasteiger partial charge in [-0.2, -0.15) is 0 Å². The summed E-state index contributed by atoms with van der Waals surface area (Å²) in [6.07, 6.45) is 1.19. The minimum Gasteiger partial charge on any atom is -0.330 e. The largest absolute Gasteiger partial charge is 0.330 e. The van der Waals surface area contributed by atoms with Crippen molar-refractivity contribution >= 4 is 38.9 Å². The summed E-state index contributed by atoms with van der Waals surface area (Å²) in [5.74, 6) is 0.566. The third-order valence-corrected chi connectivity index (χ3v) is 5.58. The summed E-state index contributed by atoms with van der Waals surface area (Å²) in [5.41, 5.74) is 5.80. The fourth-order valence-corrected chi connectivity index (χ4v) is 4.23. The highest BCUT2D eigenvalue weighted by Crippen LogP contribution is 2.42. The summed E-state index contributed by atoms with van der Waals surface area (Å²) >= 11 is 11.2. The predicted octanol–water partition coefficient (Wildman–Crippen LogP) is 3.12. The number of hydrogen-bond acceptors (Lipinski definition) is 3. The molecule has 2 unspecified atom stereocenters. The first-order valence-electron chi connectivity index (χ1n) is 4.98. The Bertz CT molecular complexity index is 336. The Kier molecular flexibility index (Phi) is 3.73. The molecule has 0 aliphatic carbocycles. The van der Waals surface area contributed by atoms with Gasteiger partial charge in [0.05, 0.1) is 0 Å². The quantitative estimate of drug-likeness (QED) is 0.909. The zero-order valence-electron chi connectivity index (χ0n) is 8.54. The van der Waals surface area contributed by atoms with E-state index in [1.165, 1.54) is 11.3 Å². The maximum atomic E-state index is 6.07. The first kappa shape index (κ1) is 11.9. The standard InChI is InChI=1S/C10H14BrClN2S/c1-14-3-2-6(5-13)9(14)8-4-7(11)10(12)15-8/h4,6,9H,2-3,5,13H2,1H3. The van der Waals surface area contributed by atoms with Crippen molar-refractivity contribution in [2.75, 3.05) is 20.1 Å². The Labute approximate surface area is 108 Å². The molecule has 5 heteroatoms. The Hall–Kier alpha value is 0.390. The van der Waals surface area contributed by atoms with Crippen molar-refractivity contribution in [1.82, 2.24) is 4.90 Å². The van der Waals surface area contributed by atoms with Gasteiger partial charge in [-0.05, 0) is 54.5 Å². The minimum absolute atomic E-state index is 0.448. The summed E-state index contributed by atoms with van der Waals surface area (Å²) < 4.78 is 1.83. The van der Waals surface area contributed by atoms with Crippen LogP contribution in [0.15, 0.2) is 10.5 Å². The van der Waals surface area contributed by atoms with E-state index < -0.39 is 0 Å². The lowest BCUT2D eigenvalue weighted by atomic mass is 9.99. The topological polar surface area (TPSA) is 29.3 Å². The van der Waals surface area contributed by atoms with E-state index in [1.54, 1.807) is 11.3 Å². The number of nitrogens with zero attached hydrogens (tertiary/aromatic N) is 1. The molecule has 15 heavy (non-hydrogen) atoms. The van der Waals surface area contributed by atoms with Crippen LogP contribution >= 0.6 is 38.9 Å². The smallest absolute Gasteiger partial charge is 0.107 e. The molecule has 2 N–H and O–H groups in total. The molecule has 0 spiro atoms. The van der Waals surface area contributed by atoms with Crippen LogP contribution in [-0.4, -0.2) is 25.0 Å². The fourth-order valence-electron chi connectivity index (χ4n) is 2.23. The normalized spacial score (nSPS) is 27.5. The Morgan fingerprint density at radius 2 is 2.47 bits per heavy atom. The van der Waals surface area contributed by atoms with Gasteiger partial charge in [0.1, 0.15) is 4.34 Å². The molecular formula is C10H14BrClN2S. The van der Waals surface area contributed by atoms with E-state index in [1.807, 2.05) is 0 Å². The third kappa shape index (κ3) is 2.24. The third-order valence-electron chi connectivity index (χ3n) is 3.03. The fraction of sp³-hybridized carbons (Fsp3) is 0.600. The van der Waals surface area contributed by atoms with Gasteiger partial charge in [0.15, 0.2) is 0 Å². The minimum atomic E-state index is 0.448. The van der Waals surface area contributed by atoms with Crippen LogP contribution in [-0.2, 0) is 0 Å². The molecule has 1 saturated heterocycles. The van der Waals surface area contributed by atoms with Crippen molar-refractivity contribution in [2.24, 2.45) is 11.7 Å². The van der Waals surface area contributed by atoms with Crippen molar-refractivity contribution in [1.29, 1.82) is 0 Å². The molecule has 84 valence electrons. The van der Waals surface area contributed by atoms with Gasteiger partial charge in [-0.15, -0.1) is 11.3 Å². The SMILES string of the molecule is CN1CCC(CN)C1c1cc(Br)c(Cl)s1. The van der Waals surface area contributed by atoms with Crippen LogP contribution in [0, 0.1) is 5.92 Å². The van der Waals surface area contributed by atoms with Gasteiger partial charge in [-0.25, -0.2) is 0 Å². The molecule has 1 fully saturated rings. The second kappa shape index (κ2) is 4.72. The molecule has 0 amide bonds. The van der Waals surface area contributed by atoms with Gasteiger partial charge in [0.25, 0.3) is 0 Å². The molecule has 0 saturated carbocycles. The van der Waals surface area contributed by atoms with Crippen LogP contribution in [0.25, 0.3) is 0 Å². The van der Waals surface area contributed by atoms with Gasteiger partial charge in [0, 0.05) is 15.4 Å². The molecule has 1 aromatic rings. The highest BCUT2D eigenvalue weighted by Gasteiger charge is 2.33. The predicted molar refractivity (Wildman–Crippen MR) is 69.6 cm³/mol. The van der Waals surface area contributed by atoms with Crippen molar-refractivity contribution in [2.45, 2.75) is 12.5 Å². The van der Waals surface area contributed by atoms with Gasteiger partial charge < -0.3 is 5.73 Å². The van der Waals surface area contributed by atoms with Crippen LogP contribution in [0.3, 0.4) is 0 Å². The lowest BCUT2D eigenvalue weighted by Crippen LogP contribution is -2.24. The van der Waals surface area contributed by atoms with E-state index in [0.29, 0.717) is 12.0 Å². The number of rotatable bonds is 2. The Morgan fingerprint density at radius 1 is 1.73 bits per heavy atom. The number of hydrogen-bond donors (Lipinski definition) is 1. The van der Waals surface area contributed by atoms with Crippen molar-refractivity contribution in [3.63, 3.8) is 0 Å². The molecular weight excluding hydrogens is 296 g/mol. The van der Waals surface area contributed by atoms with E-state index >= 15 is 0 Å². The Balaban J connectivity index is 2.28. The van der Waals surface area contributed by atoms with E-state index in [0.717, 1.165) is 21.9 Å². The molecule has 1 aliphatic rings. The maximum Gasteiger partial charge on any atom is 0.107 e. The van der Waals surface area contributed by atoms with Crippen LogP contribution < -0.4 is 5.73 Å². The molecule has 2 atom stereocenters. The van der Waals surface area contributed by atoms with Gasteiger partial charge in [-0.1, -0.05) is 11.6 Å². The first-order valence-corrected chi connectivity index (χ1v) is 6.97. The number of halogens is 2. The van der Waals surface area contributed by atoms with Crippen LogP contribution in [0.4, 0.5) is 0 Å². The van der Waals surface area contributed by atoms with Crippen molar-refractivity contribution in [3.05, 3.63) is 19.8 Å². The molecule has 0 aromatic carbocycles. The van der Waals surface area contributed by atoms with Crippen LogP contribution in [0.1, 0.15) is 17.3 Å². The van der Waals surface area contributed by atoms with Crippen LogP contribution in [0.5, 0.6) is 0 Å². The number of thiophene rings is 1. The van der Waals surface area contributed by atoms with Gasteiger partial charge >= 0.3 is 0 Å². The zero-order chi connectivity index (χ0) is 11.0. The summed E-state index contributed by atoms with van der Waals surface area (Å²) in [7, 11) is 2.15. The highest BCUT2D eigenvalue weighted by atomic mass is 79.9. The van der Waals surface area contributed by atoms with Crippen molar-refractivity contribution in [3.8, 4) is 0 Å². The molecule has 2 heterocycles. The Morgan fingerprint density at radius 3 is 3.00 bits per heavy atom. The first-order chi connectivity index (χ1) is 7.13. The van der Waals surface area contributed by atoms with E-state index in [2.05, 4.69) is 33.9 Å². The highest BCUT2D eigenvalue weighted by molar-refractivity contribution is 9.10. The molecule has 0 bridgehead atoms. The summed E-state index contributed by atoms with van der Waals surface area (Å²) in [6.45, 7) is 1.88. The average molecular weight is 310 g/mol. The molecule has 2 nitrogen and oxygen atoms in total. The second-order valence-electron chi connectivity index (χ2n) is 3.98. The maximum absolute atomic E-state index is 6.07. The second-order valence-corrected chi connectivity index (χ2v) is 6.52. The van der Waals surface area contributed by atoms with E-state index in [9.17, 15) is 0 Å². The average Bonchev–Trinajstić information content (AvgIpc) is 2.71. The summed E-state index contributed by atoms with van der Waals surface area (Å²) in [5, 5.41) is 0. The number of nitrogens with two attached hydrogens (primary N) is 1. The molecule has 0 radical (unpaired) electrons. The van der Waals surface area contributed by atoms with Crippen molar-refractivity contribution < 1.29 is 0 Å². The lowest BCUT2D eigenvalue weighted by Gasteiger charge is -2.22. The monoisotopic (exact) mass is 308 g/mol. The molecule has 1 aromatic heterocycles. The number of likely N-dealkylation sites (tertiary alicyclic amines) is 1. The van der Waals surface area contributed by atoms with Gasteiger partial charge in [0.2, 0.25) is 0 Å². The molecule has 1 aliphatic heterocycles. The molecule has 2 rings (SSSR count).